The summed E-state index contributed by atoms with van der Waals surface area (Å²) in [4.78, 5) is 38.6. The van der Waals surface area contributed by atoms with Gasteiger partial charge in [-0.3, -0.25) is 13.9 Å². The van der Waals surface area contributed by atoms with Gasteiger partial charge in [-0.05, 0) is 53.0 Å². The van der Waals surface area contributed by atoms with Gasteiger partial charge in [0.2, 0.25) is 0 Å². The molecule has 9 heteroatoms. The van der Waals surface area contributed by atoms with Crippen molar-refractivity contribution in [1.82, 2.24) is 14.6 Å². The lowest BCUT2D eigenvalue weighted by atomic mass is 10.2. The standard InChI is InChI=1S/C18H24N4O4S/c1-10-11(9-19-20-15(24)26-17(2,3)4)27-14-12(10)13(23)22(16(25)21(14)6)18(5)7-8-18/h9H,7-8H2,1-6H3,(H,20,24). The van der Waals surface area contributed by atoms with E-state index >= 15 is 0 Å². The Morgan fingerprint density at radius 2 is 1.96 bits per heavy atom. The van der Waals surface area contributed by atoms with E-state index in [2.05, 4.69) is 10.5 Å². The van der Waals surface area contributed by atoms with Gasteiger partial charge in [-0.2, -0.15) is 5.10 Å². The van der Waals surface area contributed by atoms with Gasteiger partial charge in [0.05, 0.1) is 22.0 Å². The Labute approximate surface area is 160 Å². The summed E-state index contributed by atoms with van der Waals surface area (Å²) in [5.74, 6) is 0. The van der Waals surface area contributed by atoms with E-state index in [1.54, 1.807) is 27.8 Å². The third-order valence-corrected chi connectivity index (χ3v) is 5.92. The summed E-state index contributed by atoms with van der Waals surface area (Å²) >= 11 is 1.29. The maximum Gasteiger partial charge on any atom is 0.428 e. The minimum Gasteiger partial charge on any atom is -0.443 e. The van der Waals surface area contributed by atoms with Gasteiger partial charge >= 0.3 is 11.8 Å². The van der Waals surface area contributed by atoms with Crippen molar-refractivity contribution in [3.63, 3.8) is 0 Å². The molecule has 1 amide bonds. The topological polar surface area (TPSA) is 94.7 Å². The molecule has 1 N–H and O–H groups in total. The Morgan fingerprint density at radius 1 is 1.33 bits per heavy atom. The predicted molar refractivity (Wildman–Crippen MR) is 106 cm³/mol. The number of hydrogen-bond acceptors (Lipinski definition) is 6. The van der Waals surface area contributed by atoms with Crippen LogP contribution in [0.2, 0.25) is 0 Å². The molecule has 2 heterocycles. The molecule has 0 saturated heterocycles. The molecule has 2 aromatic heterocycles. The summed E-state index contributed by atoms with van der Waals surface area (Å²) in [5.41, 5.74) is 1.48. The first-order chi connectivity index (χ1) is 12.4. The quantitative estimate of drug-likeness (QED) is 0.641. The number of rotatable bonds is 3. The first-order valence-corrected chi connectivity index (χ1v) is 9.54. The summed E-state index contributed by atoms with van der Waals surface area (Å²) in [5, 5.41) is 4.43. The number of amides is 1. The third kappa shape index (κ3) is 3.55. The van der Waals surface area contributed by atoms with Gasteiger partial charge in [0.25, 0.3) is 5.56 Å². The average Bonchev–Trinajstić information content (AvgIpc) is 3.17. The smallest absolute Gasteiger partial charge is 0.428 e. The number of aryl methyl sites for hydroxylation is 2. The van der Waals surface area contributed by atoms with Gasteiger partial charge in [0.1, 0.15) is 10.4 Å². The fraction of sp³-hybridized carbons (Fsp3) is 0.556. The van der Waals surface area contributed by atoms with E-state index in [4.69, 9.17) is 4.74 Å². The van der Waals surface area contributed by atoms with Crippen molar-refractivity contribution in [2.24, 2.45) is 12.1 Å². The molecule has 0 aliphatic heterocycles. The van der Waals surface area contributed by atoms with Crippen LogP contribution in [0.5, 0.6) is 0 Å². The molecule has 3 rings (SSSR count). The minimum absolute atomic E-state index is 0.262. The van der Waals surface area contributed by atoms with Crippen LogP contribution >= 0.6 is 11.3 Å². The molecule has 0 unspecified atom stereocenters. The lowest BCUT2D eigenvalue weighted by molar-refractivity contribution is 0.0529. The van der Waals surface area contributed by atoms with Gasteiger partial charge in [-0.1, -0.05) is 0 Å². The second-order valence-electron chi connectivity index (χ2n) is 8.12. The van der Waals surface area contributed by atoms with Gasteiger partial charge in [0, 0.05) is 7.05 Å². The van der Waals surface area contributed by atoms with Crippen LogP contribution in [0.3, 0.4) is 0 Å². The molecule has 2 aromatic rings. The monoisotopic (exact) mass is 392 g/mol. The molecule has 1 aliphatic rings. The van der Waals surface area contributed by atoms with Crippen LogP contribution in [0.1, 0.15) is 51.0 Å². The summed E-state index contributed by atoms with van der Waals surface area (Å²) < 4.78 is 8.00. The minimum atomic E-state index is -0.658. The van der Waals surface area contributed by atoms with Crippen LogP contribution in [-0.2, 0) is 17.3 Å². The first kappa shape index (κ1) is 19.3. The molecule has 146 valence electrons. The maximum absolute atomic E-state index is 13.0. The number of nitrogens with one attached hydrogen (secondary N) is 1. The van der Waals surface area contributed by atoms with Crippen molar-refractivity contribution >= 4 is 33.9 Å². The Kier molecular flexibility index (Phi) is 4.54. The normalized spacial score (nSPS) is 16.1. The number of nitrogens with zero attached hydrogens (tertiary/aromatic N) is 3. The molecule has 8 nitrogen and oxygen atoms in total. The zero-order chi connectivity index (χ0) is 20.1. The third-order valence-electron chi connectivity index (χ3n) is 4.61. The molecular weight excluding hydrogens is 368 g/mol. The zero-order valence-corrected chi connectivity index (χ0v) is 17.2. The number of carbonyl (C=O) groups is 1. The number of hydrazone groups is 1. The molecule has 0 radical (unpaired) electrons. The number of ether oxygens (including phenoxy) is 1. The van der Waals surface area contributed by atoms with E-state index in [-0.39, 0.29) is 16.8 Å². The lowest BCUT2D eigenvalue weighted by Crippen LogP contribution is -2.43. The van der Waals surface area contributed by atoms with Crippen LogP contribution in [0, 0.1) is 6.92 Å². The van der Waals surface area contributed by atoms with E-state index in [9.17, 15) is 14.4 Å². The van der Waals surface area contributed by atoms with E-state index in [0.29, 0.717) is 15.1 Å². The second-order valence-corrected chi connectivity index (χ2v) is 9.15. The second kappa shape index (κ2) is 6.33. The highest BCUT2D eigenvalue weighted by Gasteiger charge is 2.42. The molecule has 0 spiro atoms. The first-order valence-electron chi connectivity index (χ1n) is 8.72. The summed E-state index contributed by atoms with van der Waals surface area (Å²) in [7, 11) is 1.67. The SMILES string of the molecule is Cc1c(C=NNC(=O)OC(C)(C)C)sc2c1c(=O)n(C1(C)CC1)c(=O)n2C. The molecule has 0 aromatic carbocycles. The van der Waals surface area contributed by atoms with Crippen LogP contribution < -0.4 is 16.7 Å². The van der Waals surface area contributed by atoms with Gasteiger partial charge in [0.15, 0.2) is 0 Å². The van der Waals surface area contributed by atoms with Crippen LogP contribution in [0.25, 0.3) is 10.2 Å². The fourth-order valence-corrected chi connectivity index (χ4v) is 4.01. The van der Waals surface area contributed by atoms with Crippen molar-refractivity contribution in [2.75, 3.05) is 0 Å². The molecule has 1 saturated carbocycles. The highest BCUT2D eigenvalue weighted by molar-refractivity contribution is 7.20. The zero-order valence-electron chi connectivity index (χ0n) is 16.4. The Balaban J connectivity index is 1.99. The van der Waals surface area contributed by atoms with Crippen molar-refractivity contribution in [3.8, 4) is 0 Å². The van der Waals surface area contributed by atoms with Gasteiger partial charge in [-0.25, -0.2) is 15.0 Å². The summed E-state index contributed by atoms with van der Waals surface area (Å²) in [6.07, 6.45) is 2.46. The van der Waals surface area contributed by atoms with Crippen LogP contribution in [0.4, 0.5) is 4.79 Å². The fourth-order valence-electron chi connectivity index (χ4n) is 2.89. The largest absolute Gasteiger partial charge is 0.443 e. The molecular formula is C18H24N4O4S. The van der Waals surface area contributed by atoms with E-state index in [0.717, 1.165) is 18.4 Å². The van der Waals surface area contributed by atoms with Gasteiger partial charge < -0.3 is 4.74 Å². The number of hydrogen-bond donors (Lipinski definition) is 1. The molecule has 27 heavy (non-hydrogen) atoms. The number of fused-ring (bicyclic) bond motifs is 1. The van der Waals surface area contributed by atoms with Crippen molar-refractivity contribution in [1.29, 1.82) is 0 Å². The predicted octanol–water partition coefficient (Wildman–Crippen LogP) is 2.44. The number of thiophene rings is 1. The van der Waals surface area contributed by atoms with Crippen molar-refractivity contribution in [2.45, 2.75) is 58.6 Å². The highest BCUT2D eigenvalue weighted by Crippen LogP contribution is 2.41. The van der Waals surface area contributed by atoms with Crippen LogP contribution in [-0.4, -0.2) is 27.0 Å². The number of carbonyl (C=O) groups excluding carboxylic acids is 1. The summed E-state index contributed by atoms with van der Waals surface area (Å²) in [6.45, 7) is 9.03. The Morgan fingerprint density at radius 3 is 2.52 bits per heavy atom. The average molecular weight is 392 g/mol. The van der Waals surface area contributed by atoms with Gasteiger partial charge in [-0.15, -0.1) is 11.3 Å². The molecule has 1 aliphatic carbocycles. The maximum atomic E-state index is 13.0. The Hall–Kier alpha value is -2.42. The summed E-state index contributed by atoms with van der Waals surface area (Å²) in [6, 6.07) is 0. The highest BCUT2D eigenvalue weighted by atomic mass is 32.1. The molecule has 1 fully saturated rings. The van der Waals surface area contributed by atoms with Crippen molar-refractivity contribution < 1.29 is 9.53 Å². The lowest BCUT2D eigenvalue weighted by Gasteiger charge is -2.18. The molecule has 0 atom stereocenters. The Bertz CT molecular complexity index is 1060. The van der Waals surface area contributed by atoms with Crippen molar-refractivity contribution in [3.05, 3.63) is 31.3 Å². The van der Waals surface area contributed by atoms with E-state index in [1.165, 1.54) is 26.7 Å². The molecule has 0 bridgehead atoms. The van der Waals surface area contributed by atoms with Crippen LogP contribution in [0.15, 0.2) is 14.7 Å². The number of aromatic nitrogens is 2. The van der Waals surface area contributed by atoms with E-state index < -0.39 is 11.7 Å². The van der Waals surface area contributed by atoms with E-state index in [1.807, 2.05) is 13.8 Å².